The number of halogens is 5. The molecule has 0 spiro atoms. The van der Waals surface area contributed by atoms with Crippen LogP contribution in [0.4, 0.5) is 22.0 Å². The molecule has 0 aliphatic carbocycles. The Morgan fingerprint density at radius 3 is 2.21 bits per heavy atom. The first-order chi connectivity index (χ1) is 6.31. The first-order valence-electron chi connectivity index (χ1n) is 3.26. The summed E-state index contributed by atoms with van der Waals surface area (Å²) in [6.07, 6.45) is -3.07. The lowest BCUT2D eigenvalue weighted by Gasteiger charge is -2.12. The number of alkyl halides is 2. The third kappa shape index (κ3) is 4.23. The highest BCUT2D eigenvalue weighted by Crippen LogP contribution is 2.40. The minimum atomic E-state index is -4.38. The molecule has 0 N–H and O–H groups in total. The van der Waals surface area contributed by atoms with Gasteiger partial charge in [0.15, 0.2) is 0 Å². The molecule has 14 heavy (non-hydrogen) atoms. The largest absolute Gasteiger partial charge is 0.479 e. The zero-order valence-corrected chi connectivity index (χ0v) is 8.45. The van der Waals surface area contributed by atoms with E-state index in [0.717, 1.165) is 0 Å². The van der Waals surface area contributed by atoms with Crippen molar-refractivity contribution in [3.63, 3.8) is 0 Å². The molecule has 0 bridgehead atoms. The minimum absolute atomic E-state index is 0.00531. The summed E-state index contributed by atoms with van der Waals surface area (Å²) in [5.41, 5.74) is 0. The zero-order valence-electron chi connectivity index (χ0n) is 6.82. The van der Waals surface area contributed by atoms with Crippen LogP contribution in [0, 0.1) is 0 Å². The Hall–Kier alpha value is -0.370. The molecule has 0 aliphatic heterocycles. The van der Waals surface area contributed by atoms with Gasteiger partial charge in [0.2, 0.25) is 10.2 Å². The summed E-state index contributed by atoms with van der Waals surface area (Å²) in [6.45, 7) is 1.47. The smallest absolute Gasteiger partial charge is 0.358 e. The van der Waals surface area contributed by atoms with E-state index in [1.807, 2.05) is 0 Å². The second kappa shape index (κ2) is 5.50. The standard InChI is InChI=1S/C6H5F5OS2/c1-2-12-5(13)14-6(10,11)3(7)4(8)9/h2H2,1H3. The van der Waals surface area contributed by atoms with E-state index in [1.165, 1.54) is 6.92 Å². The summed E-state index contributed by atoms with van der Waals surface area (Å²) in [4.78, 5) is 0. The zero-order chi connectivity index (χ0) is 11.4. The maximum Gasteiger partial charge on any atom is 0.358 e. The van der Waals surface area contributed by atoms with Gasteiger partial charge in [0.05, 0.1) is 6.61 Å². The van der Waals surface area contributed by atoms with Gasteiger partial charge in [-0.2, -0.15) is 22.0 Å². The van der Waals surface area contributed by atoms with Gasteiger partial charge < -0.3 is 4.74 Å². The van der Waals surface area contributed by atoms with E-state index in [-0.39, 0.29) is 6.61 Å². The molecule has 0 aromatic heterocycles. The van der Waals surface area contributed by atoms with Crippen LogP contribution < -0.4 is 0 Å². The van der Waals surface area contributed by atoms with Crippen molar-refractivity contribution < 1.29 is 26.7 Å². The topological polar surface area (TPSA) is 9.23 Å². The van der Waals surface area contributed by atoms with E-state index in [1.54, 1.807) is 0 Å². The number of hydrogen-bond acceptors (Lipinski definition) is 3. The van der Waals surface area contributed by atoms with E-state index in [0.29, 0.717) is 0 Å². The van der Waals surface area contributed by atoms with Crippen molar-refractivity contribution in [1.82, 2.24) is 0 Å². The lowest BCUT2D eigenvalue weighted by atomic mass is 10.6. The fourth-order valence-electron chi connectivity index (χ4n) is 0.407. The molecular weight excluding hydrogens is 247 g/mol. The minimum Gasteiger partial charge on any atom is -0.479 e. The molecule has 1 nitrogen and oxygen atoms in total. The van der Waals surface area contributed by atoms with Crippen LogP contribution in [0.5, 0.6) is 0 Å². The molecule has 0 rings (SSSR count). The molecule has 0 fully saturated rings. The summed E-state index contributed by atoms with van der Waals surface area (Å²) < 4.78 is 63.9. The van der Waals surface area contributed by atoms with Gasteiger partial charge in [-0.15, -0.1) is 0 Å². The lowest BCUT2D eigenvalue weighted by molar-refractivity contribution is 0.108. The predicted octanol–water partition coefficient (Wildman–Crippen LogP) is 3.71. The number of ether oxygens (including phenoxy) is 1. The van der Waals surface area contributed by atoms with Crippen LogP contribution in [0.15, 0.2) is 11.9 Å². The molecule has 0 aromatic carbocycles. The molecular formula is C6H5F5OS2. The number of thioether (sulfide) groups is 1. The van der Waals surface area contributed by atoms with Crippen molar-refractivity contribution in [2.75, 3.05) is 6.61 Å². The Morgan fingerprint density at radius 2 is 1.86 bits per heavy atom. The van der Waals surface area contributed by atoms with Crippen molar-refractivity contribution >= 4 is 28.4 Å². The van der Waals surface area contributed by atoms with Gasteiger partial charge >= 0.3 is 11.3 Å². The summed E-state index contributed by atoms with van der Waals surface area (Å²) in [5.74, 6) is -2.80. The maximum atomic E-state index is 12.5. The molecule has 0 aromatic rings. The molecule has 0 atom stereocenters. The molecule has 0 heterocycles. The average Bonchev–Trinajstić information content (AvgIpc) is 2.02. The fraction of sp³-hybridized carbons (Fsp3) is 0.500. The van der Waals surface area contributed by atoms with Gasteiger partial charge in [0, 0.05) is 11.8 Å². The molecule has 82 valence electrons. The van der Waals surface area contributed by atoms with Gasteiger partial charge in [0.25, 0.3) is 0 Å². The van der Waals surface area contributed by atoms with Crippen LogP contribution in [0.25, 0.3) is 0 Å². The Bertz CT molecular complexity index is 249. The molecule has 0 aliphatic rings. The normalized spacial score (nSPS) is 11.0. The monoisotopic (exact) mass is 252 g/mol. The molecule has 0 unspecified atom stereocenters. The van der Waals surface area contributed by atoms with Crippen molar-refractivity contribution in [3.05, 3.63) is 11.9 Å². The highest BCUT2D eigenvalue weighted by molar-refractivity contribution is 8.23. The van der Waals surface area contributed by atoms with Crippen molar-refractivity contribution in [2.24, 2.45) is 0 Å². The number of rotatable bonds is 3. The van der Waals surface area contributed by atoms with Crippen LogP contribution in [-0.2, 0) is 4.74 Å². The van der Waals surface area contributed by atoms with Gasteiger partial charge in [-0.1, -0.05) is 0 Å². The van der Waals surface area contributed by atoms with Crippen molar-refractivity contribution in [2.45, 2.75) is 12.2 Å². The second-order valence-corrected chi connectivity index (χ2v) is 3.59. The first kappa shape index (κ1) is 13.6. The maximum absolute atomic E-state index is 12.5. The quantitative estimate of drug-likeness (QED) is 0.559. The van der Waals surface area contributed by atoms with Crippen molar-refractivity contribution in [1.29, 1.82) is 0 Å². The number of hydrogen-bond donors (Lipinski definition) is 0. The van der Waals surface area contributed by atoms with Crippen LogP contribution in [0.3, 0.4) is 0 Å². The SMILES string of the molecule is CCOC(=S)SC(F)(F)C(F)=C(F)F. The van der Waals surface area contributed by atoms with E-state index in [9.17, 15) is 22.0 Å². The summed E-state index contributed by atoms with van der Waals surface area (Å²) in [7, 11) is 0. The van der Waals surface area contributed by atoms with Crippen LogP contribution in [0.2, 0.25) is 0 Å². The van der Waals surface area contributed by atoms with Gasteiger partial charge in [-0.05, 0) is 19.1 Å². The van der Waals surface area contributed by atoms with E-state index < -0.39 is 33.3 Å². The summed E-state index contributed by atoms with van der Waals surface area (Å²) >= 11 is 3.66. The van der Waals surface area contributed by atoms with Gasteiger partial charge in [-0.3, -0.25) is 0 Å². The molecule has 0 amide bonds. The number of thiocarbonyl (C=S) groups is 1. The van der Waals surface area contributed by atoms with Gasteiger partial charge in [-0.25, -0.2) is 0 Å². The predicted molar refractivity (Wildman–Crippen MR) is 47.1 cm³/mol. The first-order valence-corrected chi connectivity index (χ1v) is 4.48. The molecule has 8 heteroatoms. The highest BCUT2D eigenvalue weighted by Gasteiger charge is 2.41. The lowest BCUT2D eigenvalue weighted by Crippen LogP contribution is -2.16. The van der Waals surface area contributed by atoms with Crippen LogP contribution in [-0.4, -0.2) is 16.2 Å². The van der Waals surface area contributed by atoms with Gasteiger partial charge in [0.1, 0.15) is 0 Å². The van der Waals surface area contributed by atoms with E-state index in [4.69, 9.17) is 0 Å². The molecule has 0 saturated heterocycles. The van der Waals surface area contributed by atoms with Crippen LogP contribution in [0.1, 0.15) is 6.92 Å². The fourth-order valence-corrected chi connectivity index (χ4v) is 1.39. The third-order valence-corrected chi connectivity index (χ3v) is 1.98. The Labute approximate surface area is 86.3 Å². The van der Waals surface area contributed by atoms with E-state index >= 15 is 0 Å². The second-order valence-electron chi connectivity index (χ2n) is 1.88. The third-order valence-electron chi connectivity index (χ3n) is 0.895. The van der Waals surface area contributed by atoms with Crippen LogP contribution >= 0.6 is 24.0 Å². The highest BCUT2D eigenvalue weighted by atomic mass is 32.2. The Kier molecular flexibility index (Phi) is 5.35. The van der Waals surface area contributed by atoms with E-state index in [2.05, 4.69) is 17.0 Å². The summed E-state index contributed by atoms with van der Waals surface area (Å²) in [5, 5.41) is -4.38. The Balaban J connectivity index is 4.49. The molecule has 0 saturated carbocycles. The average molecular weight is 252 g/mol. The Morgan fingerprint density at radius 1 is 1.36 bits per heavy atom. The van der Waals surface area contributed by atoms with Crippen molar-refractivity contribution in [3.8, 4) is 0 Å². The molecule has 0 radical (unpaired) electrons. The summed E-state index contributed by atoms with van der Waals surface area (Å²) in [6, 6.07) is 0.